The van der Waals surface area contributed by atoms with Gasteiger partial charge in [0.1, 0.15) is 5.60 Å². The number of amides is 2. The Labute approximate surface area is 76.8 Å². The van der Waals surface area contributed by atoms with E-state index in [1.807, 2.05) is 0 Å². The van der Waals surface area contributed by atoms with Crippen LogP contribution in [0.25, 0.3) is 0 Å². The van der Waals surface area contributed by atoms with Crippen LogP contribution in [0, 0.1) is 0 Å². The number of carbonyl (C=O) groups is 2. The lowest BCUT2D eigenvalue weighted by Gasteiger charge is -2.22. The highest BCUT2D eigenvalue weighted by Crippen LogP contribution is 2.08. The van der Waals surface area contributed by atoms with Gasteiger partial charge in [-0.2, -0.15) is 5.01 Å². The van der Waals surface area contributed by atoms with E-state index in [1.165, 1.54) is 0 Å². The Bertz CT molecular complexity index is 210. The summed E-state index contributed by atoms with van der Waals surface area (Å²) in [7, 11) is 0. The maximum Gasteiger partial charge on any atom is 0.431 e. The molecule has 0 aliphatic heterocycles. The van der Waals surface area contributed by atoms with E-state index in [2.05, 4.69) is 0 Å². The lowest BCUT2D eigenvalue weighted by atomic mass is 10.2. The molecule has 6 nitrogen and oxygen atoms in total. The van der Waals surface area contributed by atoms with Crippen molar-refractivity contribution in [1.82, 2.24) is 5.01 Å². The number of rotatable bonds is 1. The van der Waals surface area contributed by atoms with Crippen LogP contribution in [-0.4, -0.2) is 29.2 Å². The molecule has 0 radical (unpaired) electrons. The van der Waals surface area contributed by atoms with E-state index in [-0.39, 0.29) is 6.54 Å². The van der Waals surface area contributed by atoms with Crippen LogP contribution in [0.5, 0.6) is 0 Å². The fourth-order valence-corrected chi connectivity index (χ4v) is 0.511. The molecule has 0 unspecified atom stereocenters. The molecule has 0 atom stereocenters. The predicted octanol–water partition coefficient (Wildman–Crippen LogP) is -0.417. The molecule has 0 saturated carbocycles. The second-order valence-electron chi connectivity index (χ2n) is 3.45. The Hall–Kier alpha value is -1.14. The van der Waals surface area contributed by atoms with Crippen molar-refractivity contribution in [2.45, 2.75) is 26.4 Å². The molecule has 0 fully saturated rings. The monoisotopic (exact) mass is 189 g/mol. The number of imide groups is 1. The number of hydrogen-bond acceptors (Lipinski definition) is 5. The summed E-state index contributed by atoms with van der Waals surface area (Å²) in [5.74, 6) is 4.42. The molecule has 0 rings (SSSR count). The highest BCUT2D eigenvalue weighted by molar-refractivity contribution is 5.92. The molecule has 0 bridgehead atoms. The topological polar surface area (TPSA) is 98.6 Å². The molecule has 0 aliphatic rings. The van der Waals surface area contributed by atoms with Crippen molar-refractivity contribution in [3.05, 3.63) is 0 Å². The van der Waals surface area contributed by atoms with Crippen LogP contribution in [-0.2, 0) is 9.53 Å². The quantitative estimate of drug-likeness (QED) is 0.331. The summed E-state index contributed by atoms with van der Waals surface area (Å²) in [6.07, 6.45) is -0.900. The van der Waals surface area contributed by atoms with Crippen molar-refractivity contribution in [1.29, 1.82) is 0 Å². The SMILES string of the molecule is CC(C)(C)OC(=O)N(N)C(=O)CN. The van der Waals surface area contributed by atoms with E-state index in [0.717, 1.165) is 0 Å². The number of nitrogens with zero attached hydrogens (tertiary/aromatic N) is 1. The first-order valence-corrected chi connectivity index (χ1v) is 3.78. The molecule has 0 aromatic carbocycles. The molecular formula is C7H15N3O3. The van der Waals surface area contributed by atoms with Crippen LogP contribution in [0.3, 0.4) is 0 Å². The van der Waals surface area contributed by atoms with Crippen LogP contribution >= 0.6 is 0 Å². The smallest absolute Gasteiger partial charge is 0.431 e. The van der Waals surface area contributed by atoms with Gasteiger partial charge in [-0.15, -0.1) is 0 Å². The van der Waals surface area contributed by atoms with Crippen LogP contribution in [0.2, 0.25) is 0 Å². The molecule has 13 heavy (non-hydrogen) atoms. The minimum absolute atomic E-state index is 0.324. The number of nitrogens with two attached hydrogens (primary N) is 2. The van der Waals surface area contributed by atoms with Crippen LogP contribution in [0.15, 0.2) is 0 Å². The van der Waals surface area contributed by atoms with Crippen LogP contribution in [0.1, 0.15) is 20.8 Å². The normalized spacial score (nSPS) is 10.8. The zero-order chi connectivity index (χ0) is 10.6. The molecule has 4 N–H and O–H groups in total. The zero-order valence-corrected chi connectivity index (χ0v) is 8.03. The molecule has 0 saturated heterocycles. The number of ether oxygens (including phenoxy) is 1. The summed E-state index contributed by atoms with van der Waals surface area (Å²) >= 11 is 0. The third-order valence-electron chi connectivity index (χ3n) is 1.03. The van der Waals surface area contributed by atoms with Gasteiger partial charge in [-0.1, -0.05) is 0 Å². The van der Waals surface area contributed by atoms with Gasteiger partial charge in [0, 0.05) is 0 Å². The average Bonchev–Trinajstić information content (AvgIpc) is 1.98. The van der Waals surface area contributed by atoms with E-state index in [1.54, 1.807) is 20.8 Å². The minimum atomic E-state index is -0.900. The molecule has 0 aliphatic carbocycles. The van der Waals surface area contributed by atoms with Gasteiger partial charge in [0.25, 0.3) is 5.91 Å². The van der Waals surface area contributed by atoms with Gasteiger partial charge in [-0.3, -0.25) is 4.79 Å². The summed E-state index contributed by atoms with van der Waals surface area (Å²) in [4.78, 5) is 21.9. The number of hydrazine groups is 1. The maximum absolute atomic E-state index is 11.1. The standard InChI is InChI=1S/C7H15N3O3/c1-7(2,3)13-6(12)10(9)5(11)4-8/h4,8-9H2,1-3H3. The first-order chi connectivity index (χ1) is 5.78. The zero-order valence-electron chi connectivity index (χ0n) is 8.03. The molecule has 0 aromatic rings. The highest BCUT2D eigenvalue weighted by Gasteiger charge is 2.23. The van der Waals surface area contributed by atoms with Crippen molar-refractivity contribution >= 4 is 12.0 Å². The van der Waals surface area contributed by atoms with E-state index >= 15 is 0 Å². The highest BCUT2D eigenvalue weighted by atomic mass is 16.6. The molecule has 0 spiro atoms. The Morgan fingerprint density at radius 3 is 2.15 bits per heavy atom. The Kier molecular flexibility index (Phi) is 3.83. The summed E-state index contributed by atoms with van der Waals surface area (Å²) in [6, 6.07) is 0. The first-order valence-electron chi connectivity index (χ1n) is 3.78. The molecule has 6 heteroatoms. The fraction of sp³-hybridized carbons (Fsp3) is 0.714. The van der Waals surface area contributed by atoms with Crippen molar-refractivity contribution < 1.29 is 14.3 Å². The summed E-state index contributed by atoms with van der Waals surface area (Å²) < 4.78 is 4.81. The number of carbonyl (C=O) groups excluding carboxylic acids is 2. The Balaban J connectivity index is 4.20. The summed E-state index contributed by atoms with van der Waals surface area (Å²) in [5, 5.41) is 0.366. The molecule has 0 aromatic heterocycles. The first kappa shape index (κ1) is 11.9. The van der Waals surface area contributed by atoms with Crippen molar-refractivity contribution in [2.75, 3.05) is 6.54 Å². The van der Waals surface area contributed by atoms with Gasteiger partial charge in [-0.25, -0.2) is 10.6 Å². The van der Waals surface area contributed by atoms with Crippen LogP contribution in [0.4, 0.5) is 4.79 Å². The van der Waals surface area contributed by atoms with Crippen molar-refractivity contribution in [3.63, 3.8) is 0 Å². The van der Waals surface area contributed by atoms with Gasteiger partial charge in [0.05, 0.1) is 6.54 Å². The van der Waals surface area contributed by atoms with Crippen LogP contribution < -0.4 is 11.6 Å². The second kappa shape index (κ2) is 4.20. The fourth-order valence-electron chi connectivity index (χ4n) is 0.511. The predicted molar refractivity (Wildman–Crippen MR) is 46.3 cm³/mol. The van der Waals surface area contributed by atoms with E-state index in [0.29, 0.717) is 5.01 Å². The lowest BCUT2D eigenvalue weighted by Crippen LogP contribution is -2.47. The van der Waals surface area contributed by atoms with Gasteiger partial charge in [0.15, 0.2) is 0 Å². The van der Waals surface area contributed by atoms with Crippen molar-refractivity contribution in [3.8, 4) is 0 Å². The summed E-state index contributed by atoms with van der Waals surface area (Å²) in [5.41, 5.74) is 4.32. The molecular weight excluding hydrogens is 174 g/mol. The molecule has 76 valence electrons. The van der Waals surface area contributed by atoms with Crippen molar-refractivity contribution in [2.24, 2.45) is 11.6 Å². The summed E-state index contributed by atoms with van der Waals surface area (Å²) in [6.45, 7) is 4.69. The van der Waals surface area contributed by atoms with E-state index in [9.17, 15) is 9.59 Å². The second-order valence-corrected chi connectivity index (χ2v) is 3.45. The third kappa shape index (κ3) is 4.44. The largest absolute Gasteiger partial charge is 0.442 e. The Morgan fingerprint density at radius 1 is 1.38 bits per heavy atom. The maximum atomic E-state index is 11.1. The van der Waals surface area contributed by atoms with E-state index < -0.39 is 17.6 Å². The number of hydrogen-bond donors (Lipinski definition) is 2. The van der Waals surface area contributed by atoms with Gasteiger partial charge in [0.2, 0.25) is 0 Å². The van der Waals surface area contributed by atoms with Gasteiger partial charge >= 0.3 is 6.09 Å². The third-order valence-corrected chi connectivity index (χ3v) is 1.03. The molecule has 2 amide bonds. The van der Waals surface area contributed by atoms with Gasteiger partial charge in [-0.05, 0) is 20.8 Å². The van der Waals surface area contributed by atoms with E-state index in [4.69, 9.17) is 16.3 Å². The average molecular weight is 189 g/mol. The van der Waals surface area contributed by atoms with Gasteiger partial charge < -0.3 is 10.5 Å². The molecule has 0 heterocycles. The lowest BCUT2D eigenvalue weighted by molar-refractivity contribution is -0.129. The minimum Gasteiger partial charge on any atom is -0.442 e. The Morgan fingerprint density at radius 2 is 1.85 bits per heavy atom.